The highest BCUT2D eigenvalue weighted by atomic mass is 16.5. The molecule has 110 valence electrons. The Morgan fingerprint density at radius 3 is 3.15 bits per heavy atom. The van der Waals surface area contributed by atoms with Gasteiger partial charge in [0.2, 0.25) is 0 Å². The lowest BCUT2D eigenvalue weighted by Crippen LogP contribution is -2.44. The number of anilines is 1. The largest absolute Gasteiger partial charge is 0.490 e. The zero-order valence-electron chi connectivity index (χ0n) is 12.7. The molecule has 0 bridgehead atoms. The van der Waals surface area contributed by atoms with Gasteiger partial charge in [-0.2, -0.15) is 0 Å². The molecule has 0 spiro atoms. The van der Waals surface area contributed by atoms with E-state index in [2.05, 4.69) is 42.3 Å². The molecule has 0 aromatic heterocycles. The van der Waals surface area contributed by atoms with Gasteiger partial charge in [0.25, 0.3) is 0 Å². The summed E-state index contributed by atoms with van der Waals surface area (Å²) in [6.07, 6.45) is 5.22. The summed E-state index contributed by atoms with van der Waals surface area (Å²) >= 11 is 0. The molecule has 2 unspecified atom stereocenters. The fourth-order valence-electron chi connectivity index (χ4n) is 3.55. The number of benzene rings is 1. The lowest BCUT2D eigenvalue weighted by atomic mass is 9.98. The maximum absolute atomic E-state index is 5.64. The Morgan fingerprint density at radius 1 is 1.40 bits per heavy atom. The van der Waals surface area contributed by atoms with Crippen molar-refractivity contribution in [2.75, 3.05) is 25.0 Å². The fourth-order valence-corrected chi connectivity index (χ4v) is 3.55. The number of likely N-dealkylation sites (tertiary alicyclic amines) is 1. The van der Waals surface area contributed by atoms with Crippen LogP contribution in [-0.4, -0.2) is 36.7 Å². The second kappa shape index (κ2) is 6.04. The molecule has 3 heteroatoms. The van der Waals surface area contributed by atoms with E-state index in [1.54, 1.807) is 0 Å². The number of nitrogens with one attached hydrogen (secondary N) is 1. The normalized spacial score (nSPS) is 24.4. The summed E-state index contributed by atoms with van der Waals surface area (Å²) in [5.74, 6) is 0.999. The Kier molecular flexibility index (Phi) is 4.16. The highest BCUT2D eigenvalue weighted by Crippen LogP contribution is 2.29. The molecule has 1 N–H and O–H groups in total. The molecular formula is C17H26N2O. The summed E-state index contributed by atoms with van der Waals surface area (Å²) in [5, 5.41) is 3.43. The predicted molar refractivity (Wildman–Crippen MR) is 83.6 cm³/mol. The van der Waals surface area contributed by atoms with Crippen molar-refractivity contribution in [3.8, 4) is 5.75 Å². The minimum absolute atomic E-state index is 0.618. The number of nitrogens with zero attached hydrogens (tertiary/aromatic N) is 1. The molecule has 1 fully saturated rings. The van der Waals surface area contributed by atoms with Gasteiger partial charge in [-0.25, -0.2) is 0 Å². The molecule has 0 radical (unpaired) electrons. The van der Waals surface area contributed by atoms with Crippen molar-refractivity contribution in [3.63, 3.8) is 0 Å². The highest BCUT2D eigenvalue weighted by molar-refractivity contribution is 5.59. The molecule has 2 atom stereocenters. The van der Waals surface area contributed by atoms with E-state index in [-0.39, 0.29) is 0 Å². The summed E-state index contributed by atoms with van der Waals surface area (Å²) in [6, 6.07) is 7.95. The third kappa shape index (κ3) is 2.93. The number of rotatable bonds is 3. The number of fused-ring (bicyclic) bond motifs is 1. The fraction of sp³-hybridized carbons (Fsp3) is 0.647. The lowest BCUT2D eigenvalue weighted by Gasteiger charge is -2.38. The maximum Gasteiger partial charge on any atom is 0.142 e. The van der Waals surface area contributed by atoms with Crippen molar-refractivity contribution in [1.82, 2.24) is 4.90 Å². The summed E-state index contributed by atoms with van der Waals surface area (Å²) < 4.78 is 5.64. The molecule has 0 aliphatic carbocycles. The molecule has 0 saturated carbocycles. The first-order valence-corrected chi connectivity index (χ1v) is 7.99. The molecule has 3 nitrogen and oxygen atoms in total. The Balaban J connectivity index is 1.67. The van der Waals surface area contributed by atoms with Crippen LogP contribution < -0.4 is 10.1 Å². The van der Waals surface area contributed by atoms with Crippen LogP contribution in [0.2, 0.25) is 0 Å². The molecule has 0 amide bonds. The SMILES string of the molecule is CC1CCCCN1C(C)Cc1ccc2c(c1)NCCO2. The lowest BCUT2D eigenvalue weighted by molar-refractivity contribution is 0.114. The Labute approximate surface area is 122 Å². The van der Waals surface area contributed by atoms with E-state index in [0.717, 1.165) is 37.1 Å². The smallest absolute Gasteiger partial charge is 0.142 e. The van der Waals surface area contributed by atoms with Crippen molar-refractivity contribution in [1.29, 1.82) is 0 Å². The minimum atomic E-state index is 0.618. The first-order valence-electron chi connectivity index (χ1n) is 7.99. The van der Waals surface area contributed by atoms with Crippen LogP contribution in [0, 0.1) is 0 Å². The van der Waals surface area contributed by atoms with Crippen LogP contribution in [0.5, 0.6) is 5.75 Å². The van der Waals surface area contributed by atoms with Crippen LogP contribution in [0.3, 0.4) is 0 Å². The number of hydrogen-bond acceptors (Lipinski definition) is 3. The number of hydrogen-bond donors (Lipinski definition) is 1. The predicted octanol–water partition coefficient (Wildman–Crippen LogP) is 3.30. The van der Waals surface area contributed by atoms with Crippen molar-refractivity contribution >= 4 is 5.69 Å². The van der Waals surface area contributed by atoms with E-state index < -0.39 is 0 Å². The van der Waals surface area contributed by atoms with Gasteiger partial charge in [-0.1, -0.05) is 12.5 Å². The molecule has 1 aromatic carbocycles. The second-order valence-electron chi connectivity index (χ2n) is 6.24. The first-order chi connectivity index (χ1) is 9.74. The Hall–Kier alpha value is -1.22. The second-order valence-corrected chi connectivity index (χ2v) is 6.24. The van der Waals surface area contributed by atoms with Gasteiger partial charge in [0.15, 0.2) is 0 Å². The Morgan fingerprint density at radius 2 is 2.30 bits per heavy atom. The third-order valence-electron chi connectivity index (χ3n) is 4.67. The standard InChI is InChI=1S/C17H26N2O/c1-13-5-3-4-9-19(13)14(2)11-15-6-7-17-16(12-15)18-8-10-20-17/h6-7,12-14,18H,3-5,8-11H2,1-2H3. The van der Waals surface area contributed by atoms with Crippen LogP contribution in [0.25, 0.3) is 0 Å². The molecule has 1 saturated heterocycles. The van der Waals surface area contributed by atoms with E-state index in [0.29, 0.717) is 6.04 Å². The van der Waals surface area contributed by atoms with Crippen LogP contribution in [-0.2, 0) is 6.42 Å². The van der Waals surface area contributed by atoms with Crippen molar-refractivity contribution in [3.05, 3.63) is 23.8 Å². The van der Waals surface area contributed by atoms with Gasteiger partial charge in [0.05, 0.1) is 5.69 Å². The van der Waals surface area contributed by atoms with Crippen molar-refractivity contribution in [2.24, 2.45) is 0 Å². The molecule has 2 heterocycles. The molecule has 1 aromatic rings. The topological polar surface area (TPSA) is 24.5 Å². The first kappa shape index (κ1) is 13.7. The van der Waals surface area contributed by atoms with Crippen LogP contribution in [0.1, 0.15) is 38.7 Å². The minimum Gasteiger partial charge on any atom is -0.490 e. The quantitative estimate of drug-likeness (QED) is 0.915. The van der Waals surface area contributed by atoms with Gasteiger partial charge >= 0.3 is 0 Å². The summed E-state index contributed by atoms with van der Waals surface area (Å²) in [7, 11) is 0. The van der Waals surface area contributed by atoms with E-state index in [4.69, 9.17) is 4.74 Å². The van der Waals surface area contributed by atoms with Gasteiger partial charge in [-0.3, -0.25) is 4.90 Å². The van der Waals surface area contributed by atoms with Gasteiger partial charge < -0.3 is 10.1 Å². The van der Waals surface area contributed by atoms with Crippen LogP contribution >= 0.6 is 0 Å². The molecule has 3 rings (SSSR count). The van der Waals surface area contributed by atoms with Gasteiger partial charge in [0.1, 0.15) is 12.4 Å². The summed E-state index contributed by atoms with van der Waals surface area (Å²) in [4.78, 5) is 2.67. The van der Waals surface area contributed by atoms with Crippen LogP contribution in [0.15, 0.2) is 18.2 Å². The monoisotopic (exact) mass is 274 g/mol. The van der Waals surface area contributed by atoms with Gasteiger partial charge in [-0.15, -0.1) is 0 Å². The molecular weight excluding hydrogens is 248 g/mol. The Bertz CT molecular complexity index is 460. The van der Waals surface area contributed by atoms with Gasteiger partial charge in [0, 0.05) is 18.6 Å². The van der Waals surface area contributed by atoms with E-state index in [9.17, 15) is 0 Å². The highest BCUT2D eigenvalue weighted by Gasteiger charge is 2.23. The number of piperidine rings is 1. The van der Waals surface area contributed by atoms with E-state index in [1.165, 1.54) is 31.4 Å². The average Bonchev–Trinajstić information content (AvgIpc) is 2.47. The summed E-state index contributed by atoms with van der Waals surface area (Å²) in [5.41, 5.74) is 2.57. The number of ether oxygens (including phenoxy) is 1. The van der Waals surface area contributed by atoms with Crippen molar-refractivity contribution in [2.45, 2.75) is 51.6 Å². The summed E-state index contributed by atoms with van der Waals surface area (Å²) in [6.45, 7) is 7.68. The molecule has 20 heavy (non-hydrogen) atoms. The van der Waals surface area contributed by atoms with Crippen LogP contribution in [0.4, 0.5) is 5.69 Å². The van der Waals surface area contributed by atoms with Gasteiger partial charge in [-0.05, 0) is 57.4 Å². The van der Waals surface area contributed by atoms with Crippen molar-refractivity contribution < 1.29 is 4.74 Å². The zero-order chi connectivity index (χ0) is 13.9. The molecule has 2 aliphatic rings. The van der Waals surface area contributed by atoms with E-state index >= 15 is 0 Å². The third-order valence-corrected chi connectivity index (χ3v) is 4.67. The zero-order valence-corrected chi connectivity index (χ0v) is 12.7. The van der Waals surface area contributed by atoms with E-state index in [1.807, 2.05) is 0 Å². The average molecular weight is 274 g/mol. The molecule has 2 aliphatic heterocycles. The maximum atomic E-state index is 5.64.